The second-order valence-corrected chi connectivity index (χ2v) is 2.65. The van der Waals surface area contributed by atoms with Gasteiger partial charge in [0, 0.05) is 6.54 Å². The highest BCUT2D eigenvalue weighted by atomic mass is 19.1. The van der Waals surface area contributed by atoms with Crippen LogP contribution in [0.1, 0.15) is 11.7 Å². The fourth-order valence-corrected chi connectivity index (χ4v) is 1.02. The molecule has 3 nitrogen and oxygen atoms in total. The predicted molar refractivity (Wildman–Crippen MR) is 47.0 cm³/mol. The molecule has 0 radical (unpaired) electrons. The Kier molecular flexibility index (Phi) is 3.22. The van der Waals surface area contributed by atoms with Gasteiger partial charge in [0.2, 0.25) is 0 Å². The Morgan fingerprint density at radius 2 is 2.31 bits per heavy atom. The fourth-order valence-electron chi connectivity index (χ4n) is 1.02. The van der Waals surface area contributed by atoms with Crippen LogP contribution >= 0.6 is 0 Å². The molecule has 0 aliphatic rings. The van der Waals surface area contributed by atoms with Gasteiger partial charge in [0.05, 0.1) is 13.2 Å². The molecular weight excluding hydrogens is 173 g/mol. The number of nitrogens with two attached hydrogens (primary N) is 1. The zero-order chi connectivity index (χ0) is 9.84. The van der Waals surface area contributed by atoms with Crippen molar-refractivity contribution in [2.45, 2.75) is 6.10 Å². The fraction of sp³-hybridized carbons (Fsp3) is 0.333. The van der Waals surface area contributed by atoms with E-state index < -0.39 is 11.9 Å². The number of hydrogen-bond acceptors (Lipinski definition) is 3. The van der Waals surface area contributed by atoms with Crippen LogP contribution in [0.2, 0.25) is 0 Å². The summed E-state index contributed by atoms with van der Waals surface area (Å²) < 4.78 is 17.7. The third-order valence-electron chi connectivity index (χ3n) is 1.78. The molecule has 72 valence electrons. The number of ether oxygens (including phenoxy) is 1. The second-order valence-electron chi connectivity index (χ2n) is 2.65. The largest absolute Gasteiger partial charge is 0.494 e. The SMILES string of the molecule is COc1cc(C(O)CN)ccc1F. The van der Waals surface area contributed by atoms with Crippen molar-refractivity contribution in [2.75, 3.05) is 13.7 Å². The lowest BCUT2D eigenvalue weighted by molar-refractivity contribution is 0.186. The number of aliphatic hydroxyl groups is 1. The maximum Gasteiger partial charge on any atom is 0.165 e. The van der Waals surface area contributed by atoms with Crippen LogP contribution in [0.15, 0.2) is 18.2 Å². The highest BCUT2D eigenvalue weighted by Crippen LogP contribution is 2.21. The van der Waals surface area contributed by atoms with E-state index in [1.807, 2.05) is 0 Å². The quantitative estimate of drug-likeness (QED) is 0.733. The number of rotatable bonds is 3. The highest BCUT2D eigenvalue weighted by Gasteiger charge is 2.08. The summed E-state index contributed by atoms with van der Waals surface area (Å²) in [4.78, 5) is 0. The molecule has 1 rings (SSSR count). The molecule has 0 heterocycles. The second kappa shape index (κ2) is 4.20. The Bertz CT molecular complexity index is 291. The number of hydrogen-bond donors (Lipinski definition) is 2. The normalized spacial score (nSPS) is 12.6. The summed E-state index contributed by atoms with van der Waals surface area (Å²) in [5.74, 6) is -0.333. The van der Waals surface area contributed by atoms with Crippen molar-refractivity contribution in [3.63, 3.8) is 0 Å². The molecule has 0 bridgehead atoms. The van der Waals surface area contributed by atoms with E-state index >= 15 is 0 Å². The van der Waals surface area contributed by atoms with Gasteiger partial charge in [0.1, 0.15) is 0 Å². The average Bonchev–Trinajstić information content (AvgIpc) is 2.17. The lowest BCUT2D eigenvalue weighted by atomic mass is 10.1. The molecule has 0 saturated carbocycles. The molecule has 1 unspecified atom stereocenters. The molecule has 0 aliphatic carbocycles. The summed E-state index contributed by atoms with van der Waals surface area (Å²) in [7, 11) is 1.37. The number of benzene rings is 1. The van der Waals surface area contributed by atoms with E-state index in [9.17, 15) is 9.50 Å². The van der Waals surface area contributed by atoms with Gasteiger partial charge in [-0.15, -0.1) is 0 Å². The van der Waals surface area contributed by atoms with Gasteiger partial charge in [-0.3, -0.25) is 0 Å². The summed E-state index contributed by atoms with van der Waals surface area (Å²) >= 11 is 0. The minimum absolute atomic E-state index is 0.106. The van der Waals surface area contributed by atoms with Crippen LogP contribution in [0.25, 0.3) is 0 Å². The van der Waals surface area contributed by atoms with E-state index in [2.05, 4.69) is 0 Å². The van der Waals surface area contributed by atoms with Crippen LogP contribution in [-0.2, 0) is 0 Å². The van der Waals surface area contributed by atoms with Gasteiger partial charge in [-0.1, -0.05) is 6.07 Å². The predicted octanol–water partition coefficient (Wildman–Crippen LogP) is 0.826. The molecule has 0 aliphatic heterocycles. The first-order chi connectivity index (χ1) is 6.19. The Morgan fingerprint density at radius 1 is 1.62 bits per heavy atom. The van der Waals surface area contributed by atoms with E-state index in [1.54, 1.807) is 0 Å². The standard InChI is InChI=1S/C9H12FNO2/c1-13-9-4-6(8(12)5-11)2-3-7(9)10/h2-4,8,12H,5,11H2,1H3. The topological polar surface area (TPSA) is 55.5 Å². The lowest BCUT2D eigenvalue weighted by Crippen LogP contribution is -2.11. The molecule has 4 heteroatoms. The Balaban J connectivity index is 2.99. The molecule has 1 aromatic rings. The van der Waals surface area contributed by atoms with Crippen molar-refractivity contribution in [1.29, 1.82) is 0 Å². The zero-order valence-corrected chi connectivity index (χ0v) is 7.33. The molecular formula is C9H12FNO2. The Labute approximate surface area is 75.9 Å². The molecule has 0 spiro atoms. The molecule has 3 N–H and O–H groups in total. The van der Waals surface area contributed by atoms with E-state index in [0.717, 1.165) is 0 Å². The molecule has 13 heavy (non-hydrogen) atoms. The van der Waals surface area contributed by atoms with Crippen molar-refractivity contribution in [3.05, 3.63) is 29.6 Å². The summed E-state index contributed by atoms with van der Waals surface area (Å²) in [5.41, 5.74) is 5.81. The van der Waals surface area contributed by atoms with Crippen molar-refractivity contribution in [3.8, 4) is 5.75 Å². The molecule has 1 atom stereocenters. The lowest BCUT2D eigenvalue weighted by Gasteiger charge is -2.09. The van der Waals surface area contributed by atoms with Crippen LogP contribution in [-0.4, -0.2) is 18.8 Å². The van der Waals surface area contributed by atoms with Gasteiger partial charge in [0.15, 0.2) is 11.6 Å². The first kappa shape index (κ1) is 9.95. The van der Waals surface area contributed by atoms with Gasteiger partial charge < -0.3 is 15.6 Å². The summed E-state index contributed by atoms with van der Waals surface area (Å²) in [6, 6.07) is 4.16. The van der Waals surface area contributed by atoms with Crippen molar-refractivity contribution >= 4 is 0 Å². The van der Waals surface area contributed by atoms with Crippen LogP contribution in [0.5, 0.6) is 5.75 Å². The van der Waals surface area contributed by atoms with Crippen LogP contribution in [0, 0.1) is 5.82 Å². The molecule has 0 fully saturated rings. The number of aliphatic hydroxyl groups excluding tert-OH is 1. The van der Waals surface area contributed by atoms with Crippen molar-refractivity contribution < 1.29 is 14.2 Å². The molecule has 1 aromatic carbocycles. The summed E-state index contributed by atoms with van der Waals surface area (Å²) in [6.45, 7) is 0.106. The minimum atomic E-state index is -0.769. The van der Waals surface area contributed by atoms with E-state index in [4.69, 9.17) is 10.5 Å². The minimum Gasteiger partial charge on any atom is -0.494 e. The van der Waals surface area contributed by atoms with Crippen molar-refractivity contribution in [2.24, 2.45) is 5.73 Å². The average molecular weight is 185 g/mol. The highest BCUT2D eigenvalue weighted by molar-refractivity contribution is 5.31. The molecule has 0 saturated heterocycles. The van der Waals surface area contributed by atoms with E-state index in [-0.39, 0.29) is 12.3 Å². The summed E-state index contributed by atoms with van der Waals surface area (Å²) in [5, 5.41) is 9.34. The van der Waals surface area contributed by atoms with Gasteiger partial charge in [-0.25, -0.2) is 4.39 Å². The zero-order valence-electron chi connectivity index (χ0n) is 7.33. The van der Waals surface area contributed by atoms with Gasteiger partial charge in [-0.2, -0.15) is 0 Å². The Hall–Kier alpha value is -1.13. The smallest absolute Gasteiger partial charge is 0.165 e. The van der Waals surface area contributed by atoms with Crippen molar-refractivity contribution in [1.82, 2.24) is 0 Å². The molecule has 0 amide bonds. The van der Waals surface area contributed by atoms with Gasteiger partial charge in [0.25, 0.3) is 0 Å². The maximum absolute atomic E-state index is 12.9. The van der Waals surface area contributed by atoms with Crippen LogP contribution < -0.4 is 10.5 Å². The first-order valence-electron chi connectivity index (χ1n) is 3.90. The number of halogens is 1. The van der Waals surface area contributed by atoms with Crippen LogP contribution in [0.3, 0.4) is 0 Å². The third-order valence-corrected chi connectivity index (χ3v) is 1.78. The van der Waals surface area contributed by atoms with E-state index in [0.29, 0.717) is 5.56 Å². The third kappa shape index (κ3) is 2.17. The van der Waals surface area contributed by atoms with Gasteiger partial charge >= 0.3 is 0 Å². The summed E-state index contributed by atoms with van der Waals surface area (Å²) in [6.07, 6.45) is -0.769. The Morgan fingerprint density at radius 3 is 2.85 bits per heavy atom. The maximum atomic E-state index is 12.9. The molecule has 0 aromatic heterocycles. The van der Waals surface area contributed by atoms with Crippen LogP contribution in [0.4, 0.5) is 4.39 Å². The van der Waals surface area contributed by atoms with Gasteiger partial charge in [-0.05, 0) is 17.7 Å². The number of methoxy groups -OCH3 is 1. The first-order valence-corrected chi connectivity index (χ1v) is 3.90. The monoisotopic (exact) mass is 185 g/mol. The van der Waals surface area contributed by atoms with E-state index in [1.165, 1.54) is 25.3 Å².